The van der Waals surface area contributed by atoms with Gasteiger partial charge in [0.25, 0.3) is 0 Å². The van der Waals surface area contributed by atoms with Gasteiger partial charge in [-0.2, -0.15) is 13.2 Å². The first kappa shape index (κ1) is 22.8. The van der Waals surface area contributed by atoms with Gasteiger partial charge in [-0.25, -0.2) is 0 Å². The molecule has 8 heteroatoms. The second-order valence-corrected chi connectivity index (χ2v) is 7.86. The Hall–Kier alpha value is -2.84. The number of halogens is 3. The van der Waals surface area contributed by atoms with E-state index in [1.165, 1.54) is 30.1 Å². The fraction of sp³-hybridized carbons (Fsp3) is 0.217. The molecule has 0 aliphatic carbocycles. The molecule has 0 spiro atoms. The van der Waals surface area contributed by atoms with Gasteiger partial charge in [-0.1, -0.05) is 36.4 Å². The smallest absolute Gasteiger partial charge is 0.416 e. The monoisotopic (exact) mass is 447 g/mol. The topological polar surface area (TPSA) is 59.4 Å². The van der Waals surface area contributed by atoms with E-state index in [1.807, 2.05) is 30.3 Å². The highest BCUT2D eigenvalue weighted by atomic mass is 32.2. The molecule has 0 saturated heterocycles. The highest BCUT2D eigenvalue weighted by Crippen LogP contribution is 2.31. The van der Waals surface area contributed by atoms with Crippen molar-refractivity contribution in [2.75, 3.05) is 5.75 Å². The number of thioether (sulfide) groups is 1. The van der Waals surface area contributed by atoms with Gasteiger partial charge in [0.1, 0.15) is 6.61 Å². The molecule has 1 heterocycles. The third-order valence-electron chi connectivity index (χ3n) is 4.52. The van der Waals surface area contributed by atoms with Crippen molar-refractivity contribution in [3.63, 3.8) is 0 Å². The predicted molar refractivity (Wildman–Crippen MR) is 111 cm³/mol. The molecule has 162 valence electrons. The molecular weight excluding hydrogens is 427 g/mol. The summed E-state index contributed by atoms with van der Waals surface area (Å²) >= 11 is 1.38. The molecular formula is C23H20F3NO3S. The first-order valence-electron chi connectivity index (χ1n) is 9.43. The van der Waals surface area contributed by atoms with Gasteiger partial charge >= 0.3 is 12.1 Å². The van der Waals surface area contributed by atoms with Gasteiger partial charge in [-0.3, -0.25) is 9.78 Å². The van der Waals surface area contributed by atoms with Gasteiger partial charge in [-0.15, -0.1) is 11.8 Å². The number of hydrogen-bond acceptors (Lipinski definition) is 5. The Balaban J connectivity index is 1.72. The van der Waals surface area contributed by atoms with E-state index >= 15 is 0 Å². The number of esters is 1. The van der Waals surface area contributed by atoms with E-state index in [4.69, 9.17) is 4.74 Å². The zero-order valence-electron chi connectivity index (χ0n) is 16.3. The van der Waals surface area contributed by atoms with Crippen LogP contribution in [0.15, 0.2) is 84.0 Å². The number of benzene rings is 2. The number of rotatable bonds is 8. The van der Waals surface area contributed by atoms with Crippen LogP contribution in [0.3, 0.4) is 0 Å². The van der Waals surface area contributed by atoms with Gasteiger partial charge < -0.3 is 9.84 Å². The third kappa shape index (κ3) is 6.57. The number of carbonyl (C=O) groups is 1. The van der Waals surface area contributed by atoms with Crippen LogP contribution in [0.4, 0.5) is 13.2 Å². The van der Waals surface area contributed by atoms with Crippen LogP contribution in [-0.4, -0.2) is 21.8 Å². The van der Waals surface area contributed by atoms with E-state index in [-0.39, 0.29) is 17.9 Å². The van der Waals surface area contributed by atoms with Crippen LogP contribution in [0.5, 0.6) is 0 Å². The van der Waals surface area contributed by atoms with Crippen LogP contribution in [0.1, 0.15) is 22.8 Å². The van der Waals surface area contributed by atoms with E-state index in [9.17, 15) is 23.1 Å². The van der Waals surface area contributed by atoms with Crippen molar-refractivity contribution >= 4 is 17.7 Å². The summed E-state index contributed by atoms with van der Waals surface area (Å²) in [7, 11) is 0. The number of nitrogens with zero attached hydrogens (tertiary/aromatic N) is 1. The highest BCUT2D eigenvalue weighted by molar-refractivity contribution is 7.99. The number of aliphatic hydroxyl groups is 1. The average Bonchev–Trinajstić information content (AvgIpc) is 2.78. The third-order valence-corrected chi connectivity index (χ3v) is 5.65. The molecule has 0 saturated carbocycles. The number of pyridine rings is 1. The first-order valence-corrected chi connectivity index (χ1v) is 10.4. The Bertz CT molecular complexity index is 984. The van der Waals surface area contributed by atoms with Crippen LogP contribution < -0.4 is 0 Å². The molecule has 3 aromatic rings. The molecule has 0 amide bonds. The molecule has 0 aliphatic rings. The van der Waals surface area contributed by atoms with E-state index < -0.39 is 29.7 Å². The maximum absolute atomic E-state index is 12.9. The Kier molecular flexibility index (Phi) is 7.70. The van der Waals surface area contributed by atoms with Crippen molar-refractivity contribution in [1.29, 1.82) is 0 Å². The van der Waals surface area contributed by atoms with Crippen LogP contribution in [-0.2, 0) is 22.3 Å². The molecule has 2 unspecified atom stereocenters. The number of hydrogen-bond donors (Lipinski definition) is 1. The number of aliphatic hydroxyl groups excluding tert-OH is 1. The average molecular weight is 447 g/mol. The van der Waals surface area contributed by atoms with Crippen molar-refractivity contribution < 1.29 is 27.8 Å². The summed E-state index contributed by atoms with van der Waals surface area (Å²) in [6, 6.07) is 17.3. The second-order valence-electron chi connectivity index (χ2n) is 6.77. The predicted octanol–water partition coefficient (Wildman–Crippen LogP) is 5.29. The van der Waals surface area contributed by atoms with E-state index in [1.54, 1.807) is 18.3 Å². The van der Waals surface area contributed by atoms with Gasteiger partial charge in [0.2, 0.25) is 0 Å². The second kappa shape index (κ2) is 10.5. The van der Waals surface area contributed by atoms with E-state index in [2.05, 4.69) is 4.98 Å². The maximum atomic E-state index is 12.9. The summed E-state index contributed by atoms with van der Waals surface area (Å²) in [5, 5.41) is 10.8. The van der Waals surface area contributed by atoms with Crippen LogP contribution in [0.25, 0.3) is 0 Å². The summed E-state index contributed by atoms with van der Waals surface area (Å²) < 4.78 is 44.0. The molecule has 1 N–H and O–H groups in total. The fourth-order valence-electron chi connectivity index (χ4n) is 2.87. The lowest BCUT2D eigenvalue weighted by Gasteiger charge is -2.21. The highest BCUT2D eigenvalue weighted by Gasteiger charge is 2.32. The molecule has 0 fully saturated rings. The summed E-state index contributed by atoms with van der Waals surface area (Å²) in [5.41, 5.74) is -0.140. The molecule has 0 aliphatic heterocycles. The quantitative estimate of drug-likeness (QED) is 0.376. The number of aromatic nitrogens is 1. The molecule has 3 rings (SSSR count). The molecule has 1 aromatic heterocycles. The van der Waals surface area contributed by atoms with Gasteiger partial charge in [0.05, 0.1) is 17.6 Å². The minimum atomic E-state index is -4.48. The van der Waals surface area contributed by atoms with Crippen LogP contribution >= 0.6 is 11.8 Å². The lowest BCUT2D eigenvalue weighted by molar-refractivity contribution is -0.153. The van der Waals surface area contributed by atoms with Gasteiger partial charge in [-0.05, 0) is 41.5 Å². The van der Waals surface area contributed by atoms with Crippen molar-refractivity contribution in [2.24, 2.45) is 5.92 Å². The largest absolute Gasteiger partial charge is 0.460 e. The molecule has 2 aromatic carbocycles. The molecule has 31 heavy (non-hydrogen) atoms. The fourth-order valence-corrected chi connectivity index (χ4v) is 3.91. The Labute approximate surface area is 182 Å². The number of alkyl halides is 3. The summed E-state index contributed by atoms with van der Waals surface area (Å²) in [6.45, 7) is -0.324. The van der Waals surface area contributed by atoms with Crippen molar-refractivity contribution in [1.82, 2.24) is 4.98 Å². The molecule has 2 atom stereocenters. The minimum Gasteiger partial charge on any atom is -0.460 e. The summed E-state index contributed by atoms with van der Waals surface area (Å²) in [6.07, 6.45) is -2.63. The Morgan fingerprint density at radius 3 is 2.52 bits per heavy atom. The summed E-state index contributed by atoms with van der Waals surface area (Å²) in [5.74, 6) is -1.40. The Morgan fingerprint density at radius 1 is 1.06 bits per heavy atom. The summed E-state index contributed by atoms with van der Waals surface area (Å²) in [4.78, 5) is 17.7. The number of carbonyl (C=O) groups excluding carboxylic acids is 1. The Morgan fingerprint density at radius 2 is 1.84 bits per heavy atom. The molecule has 4 nitrogen and oxygen atoms in total. The molecule has 0 radical (unpaired) electrons. The van der Waals surface area contributed by atoms with Crippen LogP contribution in [0.2, 0.25) is 0 Å². The lowest BCUT2D eigenvalue weighted by atomic mass is 9.99. The SMILES string of the molecule is O=C(OCc1cccc(C(F)(F)F)c1)C(CSc1ccccc1)C(O)c1cccnc1. The van der Waals surface area contributed by atoms with Crippen LogP contribution in [0, 0.1) is 5.92 Å². The van der Waals surface area contributed by atoms with Crippen molar-refractivity contribution in [3.8, 4) is 0 Å². The number of ether oxygens (including phenoxy) is 1. The van der Waals surface area contributed by atoms with Crippen molar-refractivity contribution in [3.05, 3.63) is 95.8 Å². The minimum absolute atomic E-state index is 0.216. The zero-order valence-corrected chi connectivity index (χ0v) is 17.1. The van der Waals surface area contributed by atoms with Gasteiger partial charge in [0.15, 0.2) is 0 Å². The van der Waals surface area contributed by atoms with Gasteiger partial charge in [0, 0.05) is 23.0 Å². The van der Waals surface area contributed by atoms with Crippen molar-refractivity contribution in [2.45, 2.75) is 23.8 Å². The molecule has 0 bridgehead atoms. The van der Waals surface area contributed by atoms with E-state index in [0.717, 1.165) is 17.0 Å². The van der Waals surface area contributed by atoms with E-state index in [0.29, 0.717) is 5.56 Å². The standard InChI is InChI=1S/C23H20F3NO3S/c24-23(25,26)18-8-4-6-16(12-18)14-30-22(29)20(15-31-19-9-2-1-3-10-19)21(28)17-7-5-11-27-13-17/h1-13,20-21,28H,14-15H2. The normalized spacial score (nSPS) is 13.4. The maximum Gasteiger partial charge on any atom is 0.416 e. The zero-order chi connectivity index (χ0) is 22.3. The lowest BCUT2D eigenvalue weighted by Crippen LogP contribution is -2.27. The first-order chi connectivity index (χ1) is 14.8.